The van der Waals surface area contributed by atoms with E-state index in [4.69, 9.17) is 10.5 Å². The number of halogens is 3. The molecule has 2 heterocycles. The summed E-state index contributed by atoms with van der Waals surface area (Å²) in [6.07, 6.45) is -2.50. The zero-order chi connectivity index (χ0) is 15.0. The molecule has 1 aromatic rings. The highest BCUT2D eigenvalue weighted by Gasteiger charge is 2.37. The van der Waals surface area contributed by atoms with E-state index in [-0.39, 0.29) is 18.1 Å². The Bertz CT molecular complexity index is 475. The molecule has 0 amide bonds. The van der Waals surface area contributed by atoms with E-state index in [1.54, 1.807) is 12.1 Å². The molecule has 0 spiro atoms. The van der Waals surface area contributed by atoms with Crippen LogP contribution in [0.2, 0.25) is 0 Å². The minimum absolute atomic E-state index is 0.202. The van der Waals surface area contributed by atoms with Gasteiger partial charge in [-0.3, -0.25) is 4.90 Å². The van der Waals surface area contributed by atoms with Gasteiger partial charge in [0.15, 0.2) is 0 Å². The Balaban J connectivity index is 1.71. The zero-order valence-electron chi connectivity index (χ0n) is 11.6. The summed E-state index contributed by atoms with van der Waals surface area (Å²) < 4.78 is 43.3. The molecule has 21 heavy (non-hydrogen) atoms. The average molecular weight is 300 g/mol. The van der Waals surface area contributed by atoms with E-state index in [2.05, 4.69) is 4.90 Å². The van der Waals surface area contributed by atoms with Gasteiger partial charge in [0.1, 0.15) is 0 Å². The lowest BCUT2D eigenvalue weighted by Gasteiger charge is -2.47. The lowest BCUT2D eigenvalue weighted by atomic mass is 9.90. The van der Waals surface area contributed by atoms with Gasteiger partial charge in [0.2, 0.25) is 0 Å². The van der Waals surface area contributed by atoms with Crippen molar-refractivity contribution in [2.75, 3.05) is 13.2 Å². The molecule has 3 rings (SSSR count). The second-order valence-electron chi connectivity index (χ2n) is 5.94. The standard InChI is InChI=1S/C15H19F3N2O/c16-15(17,18)11-3-1-10(2-4-11)7-20-13-5-12(19)6-14(20)9-21-8-13/h1-4,12-14H,5-9,19H2/t12-,13-,14+. The summed E-state index contributed by atoms with van der Waals surface area (Å²) in [5.41, 5.74) is 6.34. The monoisotopic (exact) mass is 300 g/mol. The van der Waals surface area contributed by atoms with E-state index in [1.165, 1.54) is 0 Å². The molecule has 1 aromatic carbocycles. The number of hydrogen-bond acceptors (Lipinski definition) is 3. The average Bonchev–Trinajstić information content (AvgIpc) is 2.39. The normalized spacial score (nSPS) is 30.4. The molecule has 2 aliphatic heterocycles. The minimum atomic E-state index is -4.28. The summed E-state index contributed by atoms with van der Waals surface area (Å²) in [7, 11) is 0. The van der Waals surface area contributed by atoms with Gasteiger partial charge in [0.25, 0.3) is 0 Å². The number of rotatable bonds is 2. The van der Waals surface area contributed by atoms with E-state index in [9.17, 15) is 13.2 Å². The van der Waals surface area contributed by atoms with Crippen LogP contribution in [0.15, 0.2) is 24.3 Å². The van der Waals surface area contributed by atoms with E-state index in [0.717, 1.165) is 30.5 Å². The quantitative estimate of drug-likeness (QED) is 0.911. The van der Waals surface area contributed by atoms with Gasteiger partial charge in [0.05, 0.1) is 18.8 Å². The van der Waals surface area contributed by atoms with Crippen LogP contribution in [0.4, 0.5) is 13.2 Å². The molecule has 116 valence electrons. The highest BCUT2D eigenvalue weighted by atomic mass is 19.4. The van der Waals surface area contributed by atoms with Gasteiger partial charge < -0.3 is 10.5 Å². The van der Waals surface area contributed by atoms with E-state index < -0.39 is 11.7 Å². The summed E-state index contributed by atoms with van der Waals surface area (Å²) in [6, 6.07) is 6.17. The first-order valence-corrected chi connectivity index (χ1v) is 7.18. The smallest absolute Gasteiger partial charge is 0.378 e. The second kappa shape index (κ2) is 5.59. The van der Waals surface area contributed by atoms with Crippen LogP contribution in [0.5, 0.6) is 0 Å². The molecule has 2 fully saturated rings. The van der Waals surface area contributed by atoms with Crippen molar-refractivity contribution >= 4 is 0 Å². The number of morpholine rings is 1. The highest BCUT2D eigenvalue weighted by molar-refractivity contribution is 5.24. The van der Waals surface area contributed by atoms with Gasteiger partial charge in [-0.1, -0.05) is 12.1 Å². The van der Waals surface area contributed by atoms with E-state index in [0.29, 0.717) is 19.8 Å². The number of ether oxygens (including phenoxy) is 1. The fourth-order valence-corrected chi connectivity index (χ4v) is 3.30. The van der Waals surface area contributed by atoms with E-state index >= 15 is 0 Å². The lowest BCUT2D eigenvalue weighted by molar-refractivity contribution is -0.137. The number of benzene rings is 1. The summed E-state index contributed by atoms with van der Waals surface area (Å²) in [4.78, 5) is 2.33. The molecule has 3 nitrogen and oxygen atoms in total. The fraction of sp³-hybridized carbons (Fsp3) is 0.600. The van der Waals surface area contributed by atoms with Crippen LogP contribution in [0.25, 0.3) is 0 Å². The Morgan fingerprint density at radius 2 is 1.67 bits per heavy atom. The fourth-order valence-electron chi connectivity index (χ4n) is 3.30. The molecule has 0 aliphatic carbocycles. The number of alkyl halides is 3. The first-order chi connectivity index (χ1) is 9.93. The van der Waals surface area contributed by atoms with Crippen LogP contribution >= 0.6 is 0 Å². The van der Waals surface area contributed by atoms with Gasteiger partial charge in [-0.2, -0.15) is 13.2 Å². The third kappa shape index (κ3) is 3.22. The molecule has 0 radical (unpaired) electrons. The van der Waals surface area contributed by atoms with Crippen molar-refractivity contribution in [2.45, 2.75) is 43.7 Å². The Morgan fingerprint density at radius 1 is 1.10 bits per heavy atom. The van der Waals surface area contributed by atoms with Gasteiger partial charge in [0, 0.05) is 24.7 Å². The molecule has 2 bridgehead atoms. The maximum Gasteiger partial charge on any atom is 0.416 e. The Hall–Kier alpha value is -1.11. The Kier molecular flexibility index (Phi) is 3.94. The second-order valence-corrected chi connectivity index (χ2v) is 5.94. The largest absolute Gasteiger partial charge is 0.416 e. The number of piperidine rings is 1. The van der Waals surface area contributed by atoms with Crippen LogP contribution < -0.4 is 5.73 Å². The summed E-state index contributed by atoms with van der Waals surface area (Å²) in [6.45, 7) is 1.97. The molecule has 0 aromatic heterocycles. The summed E-state index contributed by atoms with van der Waals surface area (Å²) in [5.74, 6) is 0. The third-order valence-electron chi connectivity index (χ3n) is 4.35. The number of fused-ring (bicyclic) bond motifs is 2. The van der Waals surface area contributed by atoms with Gasteiger partial charge in [-0.15, -0.1) is 0 Å². The maximum absolute atomic E-state index is 12.6. The van der Waals surface area contributed by atoms with Crippen LogP contribution in [-0.2, 0) is 17.5 Å². The van der Waals surface area contributed by atoms with Gasteiger partial charge >= 0.3 is 6.18 Å². The summed E-state index contributed by atoms with van der Waals surface area (Å²) in [5, 5.41) is 0. The van der Waals surface area contributed by atoms with Crippen LogP contribution in [0, 0.1) is 0 Å². The molecule has 2 N–H and O–H groups in total. The summed E-state index contributed by atoms with van der Waals surface area (Å²) >= 11 is 0. The molecule has 6 heteroatoms. The molecule has 2 aliphatic rings. The lowest BCUT2D eigenvalue weighted by Crippen LogP contribution is -2.58. The number of nitrogens with zero attached hydrogens (tertiary/aromatic N) is 1. The SMILES string of the molecule is N[C@H]1C[C@H]2COC[C@@H](C1)N2Cc1ccc(C(F)(F)F)cc1. The van der Waals surface area contributed by atoms with Crippen molar-refractivity contribution in [1.82, 2.24) is 4.90 Å². The minimum Gasteiger partial charge on any atom is -0.378 e. The topological polar surface area (TPSA) is 38.5 Å². The van der Waals surface area contributed by atoms with E-state index in [1.807, 2.05) is 0 Å². The maximum atomic E-state index is 12.6. The number of hydrogen-bond donors (Lipinski definition) is 1. The van der Waals surface area contributed by atoms with Crippen LogP contribution in [0.3, 0.4) is 0 Å². The Labute approximate surface area is 121 Å². The van der Waals surface area contributed by atoms with Crippen LogP contribution in [0.1, 0.15) is 24.0 Å². The molecule has 3 atom stereocenters. The van der Waals surface area contributed by atoms with Gasteiger partial charge in [-0.05, 0) is 30.5 Å². The predicted molar refractivity (Wildman–Crippen MR) is 72.6 cm³/mol. The van der Waals surface area contributed by atoms with Crippen molar-refractivity contribution in [3.8, 4) is 0 Å². The molecule has 0 saturated carbocycles. The van der Waals surface area contributed by atoms with Crippen LogP contribution in [-0.4, -0.2) is 36.2 Å². The molecular formula is C15H19F3N2O. The number of nitrogens with two attached hydrogens (primary N) is 1. The first-order valence-electron chi connectivity index (χ1n) is 7.18. The van der Waals surface area contributed by atoms with Gasteiger partial charge in [-0.25, -0.2) is 0 Å². The highest BCUT2D eigenvalue weighted by Crippen LogP contribution is 2.31. The zero-order valence-corrected chi connectivity index (χ0v) is 11.6. The molecule has 0 unspecified atom stereocenters. The Morgan fingerprint density at radius 3 is 2.19 bits per heavy atom. The molecular weight excluding hydrogens is 281 g/mol. The predicted octanol–water partition coefficient (Wildman–Crippen LogP) is 2.40. The first kappa shape index (κ1) is 14.8. The third-order valence-corrected chi connectivity index (χ3v) is 4.35. The van der Waals surface area contributed by atoms with Crippen molar-refractivity contribution in [1.29, 1.82) is 0 Å². The van der Waals surface area contributed by atoms with Crippen molar-refractivity contribution in [3.05, 3.63) is 35.4 Å². The van der Waals surface area contributed by atoms with Crippen molar-refractivity contribution < 1.29 is 17.9 Å². The molecule has 2 saturated heterocycles. The van der Waals surface area contributed by atoms with Crippen molar-refractivity contribution in [2.24, 2.45) is 5.73 Å². The van der Waals surface area contributed by atoms with Crippen molar-refractivity contribution in [3.63, 3.8) is 0 Å².